The number of halogens is 2. The van der Waals surface area contributed by atoms with E-state index in [1.807, 2.05) is 0 Å². The van der Waals surface area contributed by atoms with E-state index in [0.717, 1.165) is 0 Å². The van der Waals surface area contributed by atoms with Crippen molar-refractivity contribution in [3.63, 3.8) is 0 Å². The molecule has 1 aromatic carbocycles. The van der Waals surface area contributed by atoms with E-state index in [-0.39, 0.29) is 32.9 Å². The van der Waals surface area contributed by atoms with E-state index in [4.69, 9.17) is 10.5 Å². The Morgan fingerprint density at radius 2 is 2.29 bits per heavy atom. The number of nitrogens with two attached hydrogens (primary N) is 1. The number of phenolic OH excluding ortho intramolecular Hbond substituents is 1. The molecule has 0 amide bonds. The van der Waals surface area contributed by atoms with Gasteiger partial charge in [0.2, 0.25) is 0 Å². The monoisotopic (exact) mass is 301 g/mol. The summed E-state index contributed by atoms with van der Waals surface area (Å²) in [5.74, 6) is -0.633. The fourth-order valence-corrected chi connectivity index (χ4v) is 1.90. The van der Waals surface area contributed by atoms with E-state index in [9.17, 15) is 9.50 Å². The summed E-state index contributed by atoms with van der Waals surface area (Å²) in [6.45, 7) is 0. The summed E-state index contributed by atoms with van der Waals surface area (Å²) >= 11 is 3.04. The Kier molecular flexibility index (Phi) is 2.93. The number of nitrogen functional groups attached to an aromatic ring is 1. The second kappa shape index (κ2) is 4.25. The zero-order valence-electron chi connectivity index (χ0n) is 8.79. The Hall–Kier alpha value is -1.76. The topological polar surface area (TPSA) is 84.2 Å². The highest BCUT2D eigenvalue weighted by atomic mass is 79.9. The molecule has 4 N–H and O–H groups in total. The largest absolute Gasteiger partial charge is 0.504 e. The molecule has 0 fully saturated rings. The van der Waals surface area contributed by atoms with Crippen molar-refractivity contribution in [2.45, 2.75) is 0 Å². The van der Waals surface area contributed by atoms with Crippen LogP contribution in [0.15, 0.2) is 16.7 Å². The molecular formula is C10H9BrFN3O2. The van der Waals surface area contributed by atoms with Crippen molar-refractivity contribution in [2.24, 2.45) is 0 Å². The minimum atomic E-state index is -0.628. The minimum Gasteiger partial charge on any atom is -0.504 e. The van der Waals surface area contributed by atoms with Crippen molar-refractivity contribution in [2.75, 3.05) is 12.8 Å². The molecule has 0 unspecified atom stereocenters. The van der Waals surface area contributed by atoms with Gasteiger partial charge >= 0.3 is 0 Å². The van der Waals surface area contributed by atoms with Gasteiger partial charge in [-0.1, -0.05) is 0 Å². The van der Waals surface area contributed by atoms with Crippen LogP contribution in [0.5, 0.6) is 11.5 Å². The Morgan fingerprint density at radius 3 is 2.82 bits per heavy atom. The van der Waals surface area contributed by atoms with Gasteiger partial charge in [-0.15, -0.1) is 0 Å². The van der Waals surface area contributed by atoms with E-state index in [1.54, 1.807) is 0 Å². The molecule has 7 heteroatoms. The molecule has 0 aliphatic heterocycles. The first-order chi connectivity index (χ1) is 8.06. The lowest BCUT2D eigenvalue weighted by molar-refractivity contribution is 0.371. The number of nitrogens with one attached hydrogen (secondary N) is 1. The van der Waals surface area contributed by atoms with Crippen LogP contribution in [0.2, 0.25) is 0 Å². The molecule has 5 nitrogen and oxygen atoms in total. The molecule has 1 heterocycles. The van der Waals surface area contributed by atoms with Gasteiger partial charge < -0.3 is 15.6 Å². The Morgan fingerprint density at radius 1 is 1.59 bits per heavy atom. The number of methoxy groups -OCH3 is 1. The van der Waals surface area contributed by atoms with Crippen molar-refractivity contribution in [1.82, 2.24) is 10.2 Å². The third-order valence-corrected chi connectivity index (χ3v) is 2.89. The van der Waals surface area contributed by atoms with Crippen LogP contribution in [0.4, 0.5) is 10.2 Å². The maximum Gasteiger partial charge on any atom is 0.168 e. The van der Waals surface area contributed by atoms with Crippen LogP contribution in [-0.2, 0) is 0 Å². The van der Waals surface area contributed by atoms with Crippen molar-refractivity contribution < 1.29 is 14.2 Å². The molecule has 0 bridgehead atoms. The summed E-state index contributed by atoms with van der Waals surface area (Å²) in [6.07, 6.45) is 1.33. The summed E-state index contributed by atoms with van der Waals surface area (Å²) in [4.78, 5) is 0. The normalized spacial score (nSPS) is 10.5. The van der Waals surface area contributed by atoms with Crippen molar-refractivity contribution >= 4 is 21.7 Å². The van der Waals surface area contributed by atoms with Crippen molar-refractivity contribution in [3.05, 3.63) is 22.6 Å². The highest BCUT2D eigenvalue weighted by Crippen LogP contribution is 2.43. The van der Waals surface area contributed by atoms with Gasteiger partial charge in [0.1, 0.15) is 11.6 Å². The Labute approximate surface area is 105 Å². The summed E-state index contributed by atoms with van der Waals surface area (Å²) in [6, 6.07) is 1.34. The van der Waals surface area contributed by atoms with E-state index >= 15 is 0 Å². The lowest BCUT2D eigenvalue weighted by atomic mass is 10.1. The van der Waals surface area contributed by atoms with Crippen LogP contribution in [0.1, 0.15) is 0 Å². The number of phenols is 1. The van der Waals surface area contributed by atoms with Crippen LogP contribution < -0.4 is 10.5 Å². The summed E-state index contributed by atoms with van der Waals surface area (Å²) in [5.41, 5.74) is 5.82. The quantitative estimate of drug-likeness (QED) is 0.794. The molecule has 2 rings (SSSR count). The first kappa shape index (κ1) is 11.7. The van der Waals surface area contributed by atoms with Crippen LogP contribution in [-0.4, -0.2) is 22.4 Å². The zero-order chi connectivity index (χ0) is 12.6. The fraction of sp³-hybridized carbons (Fsp3) is 0.100. The van der Waals surface area contributed by atoms with Gasteiger partial charge in [0, 0.05) is 6.07 Å². The number of H-pyrrole nitrogens is 1. The van der Waals surface area contributed by atoms with Gasteiger partial charge in [0.05, 0.1) is 28.9 Å². The molecule has 0 atom stereocenters. The van der Waals surface area contributed by atoms with Gasteiger partial charge in [-0.05, 0) is 15.9 Å². The average molecular weight is 302 g/mol. The molecule has 0 saturated heterocycles. The van der Waals surface area contributed by atoms with E-state index in [0.29, 0.717) is 0 Å². The average Bonchev–Trinajstić information content (AvgIpc) is 2.71. The maximum absolute atomic E-state index is 14.0. The van der Waals surface area contributed by atoms with Gasteiger partial charge in [-0.25, -0.2) is 4.39 Å². The third-order valence-electron chi connectivity index (χ3n) is 2.32. The second-order valence-electron chi connectivity index (χ2n) is 3.30. The van der Waals surface area contributed by atoms with Crippen molar-refractivity contribution in [3.8, 4) is 22.6 Å². The highest BCUT2D eigenvalue weighted by molar-refractivity contribution is 9.10. The molecule has 0 aliphatic rings. The lowest BCUT2D eigenvalue weighted by Crippen LogP contribution is -1.94. The number of rotatable bonds is 2. The molecule has 0 spiro atoms. The molecule has 90 valence electrons. The Balaban J connectivity index is 2.76. The molecular weight excluding hydrogens is 293 g/mol. The van der Waals surface area contributed by atoms with E-state index in [1.165, 1.54) is 19.4 Å². The molecule has 0 radical (unpaired) electrons. The molecule has 17 heavy (non-hydrogen) atoms. The van der Waals surface area contributed by atoms with Crippen LogP contribution in [0.25, 0.3) is 11.1 Å². The highest BCUT2D eigenvalue weighted by Gasteiger charge is 2.21. The molecule has 1 aromatic heterocycles. The number of aromatic hydroxyl groups is 1. The first-order valence-electron chi connectivity index (χ1n) is 4.60. The number of hydrogen-bond acceptors (Lipinski definition) is 4. The number of ether oxygens (including phenoxy) is 1. The zero-order valence-corrected chi connectivity index (χ0v) is 10.4. The van der Waals surface area contributed by atoms with Gasteiger partial charge in [0.15, 0.2) is 11.5 Å². The second-order valence-corrected chi connectivity index (χ2v) is 4.15. The van der Waals surface area contributed by atoms with E-state index < -0.39 is 5.82 Å². The summed E-state index contributed by atoms with van der Waals surface area (Å²) in [7, 11) is 1.38. The number of nitrogens with zero attached hydrogens (tertiary/aromatic N) is 1. The van der Waals surface area contributed by atoms with E-state index in [2.05, 4.69) is 26.1 Å². The summed E-state index contributed by atoms with van der Waals surface area (Å²) in [5, 5.41) is 16.1. The fourth-order valence-electron chi connectivity index (χ4n) is 1.49. The van der Waals surface area contributed by atoms with Crippen LogP contribution >= 0.6 is 15.9 Å². The number of aromatic amines is 1. The molecule has 2 aromatic rings. The predicted molar refractivity (Wildman–Crippen MR) is 64.3 cm³/mol. The Bertz CT molecular complexity index is 571. The lowest BCUT2D eigenvalue weighted by Gasteiger charge is -2.11. The number of anilines is 1. The third kappa shape index (κ3) is 1.82. The number of aromatic nitrogens is 2. The van der Waals surface area contributed by atoms with Crippen molar-refractivity contribution in [1.29, 1.82) is 0 Å². The smallest absolute Gasteiger partial charge is 0.168 e. The SMILES string of the molecule is COc1cc(Br)c(F)c(-c2cn[nH]c2N)c1O. The molecule has 0 aliphatic carbocycles. The maximum atomic E-state index is 14.0. The first-order valence-corrected chi connectivity index (χ1v) is 5.39. The van der Waals surface area contributed by atoms with Gasteiger partial charge in [-0.3, -0.25) is 5.10 Å². The number of benzene rings is 1. The van der Waals surface area contributed by atoms with Gasteiger partial charge in [-0.2, -0.15) is 5.10 Å². The molecule has 0 saturated carbocycles. The summed E-state index contributed by atoms with van der Waals surface area (Å²) < 4.78 is 19.1. The van der Waals surface area contributed by atoms with Gasteiger partial charge in [0.25, 0.3) is 0 Å². The standard InChI is InChI=1S/C10H9BrFN3O2/c1-17-6-2-5(11)8(12)7(9(6)16)4-3-14-15-10(4)13/h2-3,16H,1H3,(H3,13,14,15). The number of hydrogen-bond donors (Lipinski definition) is 3. The van der Waals surface area contributed by atoms with Crippen LogP contribution in [0.3, 0.4) is 0 Å². The minimum absolute atomic E-state index is 0.0533. The van der Waals surface area contributed by atoms with Crippen LogP contribution in [0, 0.1) is 5.82 Å². The predicted octanol–water partition coefficient (Wildman–Crippen LogP) is 2.27.